The lowest BCUT2D eigenvalue weighted by molar-refractivity contribution is 0.0682. The number of carbonyl (C=O) groups excluding carboxylic acids is 1. The van der Waals surface area contributed by atoms with E-state index in [0.29, 0.717) is 27.6 Å². The molecule has 1 aliphatic carbocycles. The van der Waals surface area contributed by atoms with Gasteiger partial charge in [0.05, 0.1) is 34.4 Å². The van der Waals surface area contributed by atoms with E-state index in [0.717, 1.165) is 117 Å². The maximum Gasteiger partial charge on any atom is 0.336 e. The molecule has 5 aromatic carbocycles. The summed E-state index contributed by atoms with van der Waals surface area (Å²) in [7, 11) is 0. The highest BCUT2D eigenvalue weighted by Crippen LogP contribution is 2.49. The summed E-state index contributed by atoms with van der Waals surface area (Å²) in [4.78, 5) is 67.5. The SMILES string of the molecule is O=C(O)c1ccc(-c2c3ccc(=O)cc-3oc3c(CNC(=O)c4ccc(C(=O)O)c(C5=c6cc7c8c(c6Oc6c5cc5c9c6CCCN9CCC5)CCC[N+]=8CCC7)c4)c(O)ccc23)c(C(=O)O)c1. The number of amides is 1. The maximum absolute atomic E-state index is 14.5. The minimum atomic E-state index is -1.39. The monoisotopic (exact) mass is 922 g/mol. The van der Waals surface area contributed by atoms with Gasteiger partial charge >= 0.3 is 17.9 Å². The van der Waals surface area contributed by atoms with Crippen molar-refractivity contribution < 1.29 is 48.8 Å². The number of rotatable bonds is 8. The van der Waals surface area contributed by atoms with Crippen molar-refractivity contribution in [3.05, 3.63) is 161 Å². The molecule has 0 bridgehead atoms. The van der Waals surface area contributed by atoms with E-state index in [4.69, 9.17) is 9.15 Å². The van der Waals surface area contributed by atoms with Crippen molar-refractivity contribution in [2.24, 2.45) is 0 Å². The summed E-state index contributed by atoms with van der Waals surface area (Å²) in [6, 6.07) is 19.6. The summed E-state index contributed by atoms with van der Waals surface area (Å²) in [5.41, 5.74) is 8.02. The second-order valence-corrected chi connectivity index (χ2v) is 18.5. The molecule has 7 aliphatic rings. The van der Waals surface area contributed by atoms with Gasteiger partial charge in [-0.1, -0.05) is 6.07 Å². The van der Waals surface area contributed by atoms with Crippen LogP contribution in [0.4, 0.5) is 5.69 Å². The third kappa shape index (κ3) is 6.67. The van der Waals surface area contributed by atoms with Crippen LogP contribution >= 0.6 is 0 Å². The highest BCUT2D eigenvalue weighted by molar-refractivity contribution is 6.09. The van der Waals surface area contributed by atoms with Crippen molar-refractivity contribution in [1.29, 1.82) is 0 Å². The Morgan fingerprint density at radius 3 is 2.20 bits per heavy atom. The number of nitrogens with zero attached hydrogens (tertiary/aromatic N) is 2. The zero-order valence-corrected chi connectivity index (χ0v) is 37.2. The number of hydrogen-bond donors (Lipinski definition) is 5. The predicted molar refractivity (Wildman–Crippen MR) is 255 cm³/mol. The zero-order chi connectivity index (χ0) is 47.4. The molecule has 0 saturated carbocycles. The van der Waals surface area contributed by atoms with E-state index in [1.165, 1.54) is 76.8 Å². The first-order valence-corrected chi connectivity index (χ1v) is 23.3. The molecule has 0 atom stereocenters. The molecular weight excluding hydrogens is 879 g/mol. The third-order valence-corrected chi connectivity index (χ3v) is 14.6. The lowest BCUT2D eigenvalue weighted by atomic mass is 9.81. The summed E-state index contributed by atoms with van der Waals surface area (Å²) >= 11 is 0. The first-order chi connectivity index (χ1) is 33.4. The van der Waals surface area contributed by atoms with Crippen LogP contribution in [0.3, 0.4) is 0 Å². The van der Waals surface area contributed by atoms with Crippen molar-refractivity contribution in [3.63, 3.8) is 0 Å². The van der Waals surface area contributed by atoms with Crippen LogP contribution in [0, 0.1) is 0 Å². The van der Waals surface area contributed by atoms with Crippen molar-refractivity contribution in [3.8, 4) is 39.7 Å². The average Bonchev–Trinajstić information content (AvgIpc) is 3.34. The van der Waals surface area contributed by atoms with Crippen LogP contribution in [0.15, 0.2) is 88.1 Å². The Balaban J connectivity index is 1.01. The quantitative estimate of drug-likeness (QED) is 0.0795. The van der Waals surface area contributed by atoms with Crippen LogP contribution in [0.1, 0.15) is 106 Å². The molecule has 0 fully saturated rings. The molecule has 14 nitrogen and oxygen atoms in total. The fourth-order valence-electron chi connectivity index (χ4n) is 11.7. The largest absolute Gasteiger partial charge is 0.507 e. The van der Waals surface area contributed by atoms with Gasteiger partial charge in [-0.15, -0.1) is 0 Å². The van der Waals surface area contributed by atoms with E-state index in [9.17, 15) is 44.4 Å². The molecule has 14 heteroatoms. The molecule has 0 unspecified atom stereocenters. The van der Waals surface area contributed by atoms with Gasteiger partial charge in [-0.05, 0) is 122 Å². The van der Waals surface area contributed by atoms with E-state index in [-0.39, 0.29) is 57.0 Å². The van der Waals surface area contributed by atoms with Gasteiger partial charge in [0, 0.05) is 87.2 Å². The fourth-order valence-corrected chi connectivity index (χ4v) is 11.7. The number of carboxylic acid groups (broad SMARTS) is 3. The molecule has 69 heavy (non-hydrogen) atoms. The van der Waals surface area contributed by atoms with E-state index in [1.54, 1.807) is 6.07 Å². The van der Waals surface area contributed by atoms with E-state index in [2.05, 4.69) is 26.9 Å². The zero-order valence-electron chi connectivity index (χ0n) is 37.2. The maximum atomic E-state index is 14.5. The Kier molecular flexibility index (Phi) is 9.73. The summed E-state index contributed by atoms with van der Waals surface area (Å²) in [6.45, 7) is 3.57. The Morgan fingerprint density at radius 2 is 1.41 bits per heavy atom. The van der Waals surface area contributed by atoms with Crippen molar-refractivity contribution in [2.75, 3.05) is 31.1 Å². The first kappa shape index (κ1) is 42.1. The van der Waals surface area contributed by atoms with Gasteiger partial charge in [0.2, 0.25) is 5.36 Å². The lowest BCUT2D eigenvalue weighted by Crippen LogP contribution is -2.45. The molecule has 6 heterocycles. The number of phenolic OH excluding ortho intramolecular Hbond substituents is 1. The molecule has 344 valence electrons. The number of ether oxygens (including phenoxy) is 1. The minimum absolute atomic E-state index is 0.0288. The van der Waals surface area contributed by atoms with Crippen LogP contribution in [-0.4, -0.2) is 70.4 Å². The minimum Gasteiger partial charge on any atom is -0.507 e. The molecule has 0 spiro atoms. The number of nitrogens with one attached hydrogen (secondary N) is 1. The topological polar surface area (TPSA) is 207 Å². The van der Waals surface area contributed by atoms with Crippen molar-refractivity contribution >= 4 is 46.0 Å². The van der Waals surface area contributed by atoms with Gasteiger partial charge in [-0.3, -0.25) is 9.59 Å². The van der Waals surface area contributed by atoms with Crippen LogP contribution < -0.4 is 35.5 Å². The number of phenols is 1. The number of carbonyl (C=O) groups is 4. The lowest BCUT2D eigenvalue weighted by Gasteiger charge is -2.39. The van der Waals surface area contributed by atoms with E-state index >= 15 is 0 Å². The van der Waals surface area contributed by atoms with Crippen LogP contribution in [-0.2, 0) is 32.2 Å². The van der Waals surface area contributed by atoms with E-state index < -0.39 is 29.2 Å². The first-order valence-electron chi connectivity index (χ1n) is 23.3. The van der Waals surface area contributed by atoms with Gasteiger partial charge < -0.3 is 39.8 Å². The Labute approximate surface area is 393 Å². The Bertz CT molecular complexity index is 3660. The van der Waals surface area contributed by atoms with Crippen LogP contribution in [0.25, 0.3) is 39.0 Å². The highest BCUT2D eigenvalue weighted by atomic mass is 16.5. The molecule has 1 amide bonds. The molecule has 0 radical (unpaired) electrons. The van der Waals surface area contributed by atoms with Gasteiger partial charge in [0.25, 0.3) is 5.91 Å². The third-order valence-electron chi connectivity index (χ3n) is 14.6. The van der Waals surface area contributed by atoms with Crippen LogP contribution in [0.5, 0.6) is 17.2 Å². The Hall–Kier alpha value is -8.26. The van der Waals surface area contributed by atoms with E-state index in [1.807, 2.05) is 0 Å². The highest BCUT2D eigenvalue weighted by Gasteiger charge is 2.37. The predicted octanol–water partition coefficient (Wildman–Crippen LogP) is 6.73. The summed E-state index contributed by atoms with van der Waals surface area (Å²) in [5, 5.41) is 47.5. The van der Waals surface area contributed by atoms with Gasteiger partial charge in [0.15, 0.2) is 5.43 Å². The molecule has 6 aliphatic heterocycles. The number of aromatic carboxylic acids is 3. The number of hydrogen-bond acceptors (Lipinski definition) is 9. The number of benzene rings is 6. The fraction of sp³-hybridized carbons (Fsp3) is 0.236. The second-order valence-electron chi connectivity index (χ2n) is 18.5. The Morgan fingerprint density at radius 1 is 0.667 bits per heavy atom. The van der Waals surface area contributed by atoms with Crippen LogP contribution in [0.2, 0.25) is 0 Å². The molecule has 0 saturated heterocycles. The number of aromatic hydroxyl groups is 1. The summed E-state index contributed by atoms with van der Waals surface area (Å²) in [6.07, 6.45) is 7.35. The van der Waals surface area contributed by atoms with Crippen molar-refractivity contribution in [1.82, 2.24) is 9.89 Å². The molecule has 5 N–H and O–H groups in total. The van der Waals surface area contributed by atoms with Gasteiger partial charge in [0.1, 0.15) is 41.7 Å². The van der Waals surface area contributed by atoms with Gasteiger partial charge in [-0.2, -0.15) is 0 Å². The number of fused-ring (bicyclic) bond motifs is 6. The number of anilines is 1. The normalized spacial score (nSPS) is 15.4. The molecule has 0 aromatic heterocycles. The summed E-state index contributed by atoms with van der Waals surface area (Å²) in [5.74, 6) is -3.13. The number of carboxylic acids is 3. The number of aryl methyl sites for hydroxylation is 2. The smallest absolute Gasteiger partial charge is 0.336 e. The standard InChI is InChI=1S/C55H43N3O11/c59-31-11-14-34-44(25-31)68-49-35(45(34)32-12-10-30(53(62)63)24-39(32)55(66)67)15-16-43(60)42(49)26-56-52(61)29-9-13-33(54(64)65)38(23-29)46-40-21-27-5-1-17-57-19-3-7-36(47(27)57)50(40)69-51-37-8-4-20-58-18-2-6-28(48(37)58)22-41(46)51/h9-16,21-25H,1-8,17-20,26H2,(H4-,56,59,60,61,62,63,64,65,66,67)/p+1. The van der Waals surface area contributed by atoms with Gasteiger partial charge in [-0.25, -0.2) is 19.0 Å². The summed E-state index contributed by atoms with van der Waals surface area (Å²) < 4.78 is 15.9. The average molecular weight is 923 g/mol. The second kappa shape index (κ2) is 15.9. The molecule has 12 rings (SSSR count). The van der Waals surface area contributed by atoms with Crippen molar-refractivity contribution in [2.45, 2.75) is 57.9 Å². The molecular formula is C55H44N3O11+. The molecule has 5 aromatic rings.